The molecule has 0 aromatic heterocycles. The van der Waals surface area contributed by atoms with Crippen molar-refractivity contribution >= 4 is 9.76 Å². The minimum atomic E-state index is -0.441. The lowest BCUT2D eigenvalue weighted by molar-refractivity contribution is -0.122. The number of nitrogens with one attached hydrogen (secondary N) is 1. The van der Waals surface area contributed by atoms with Gasteiger partial charge in [-0.15, -0.1) is 0 Å². The quantitative estimate of drug-likeness (QED) is 0.345. The highest BCUT2D eigenvalue weighted by Crippen LogP contribution is 2.21. The van der Waals surface area contributed by atoms with Gasteiger partial charge in [0.1, 0.15) is 0 Å². The zero-order valence-corrected chi connectivity index (χ0v) is 13.5. The summed E-state index contributed by atoms with van der Waals surface area (Å²) in [5.41, 5.74) is 0.369. The summed E-state index contributed by atoms with van der Waals surface area (Å²) in [6, 6.07) is 1.21. The second-order valence-corrected chi connectivity index (χ2v) is 6.55. The van der Waals surface area contributed by atoms with Crippen LogP contribution in [0.4, 0.5) is 0 Å². The van der Waals surface area contributed by atoms with Gasteiger partial charge in [0.25, 0.3) is 0 Å². The molecule has 0 spiro atoms. The van der Waals surface area contributed by atoms with Crippen molar-refractivity contribution in [2.75, 3.05) is 33.9 Å². The molecule has 0 bridgehead atoms. The molecule has 0 atom stereocenters. The zero-order valence-electron chi connectivity index (χ0n) is 12.0. The Morgan fingerprint density at radius 1 is 1.24 bits per heavy atom. The molecule has 0 radical (unpaired) electrons. The number of methoxy groups -OCH3 is 2. The van der Waals surface area contributed by atoms with Gasteiger partial charge in [-0.2, -0.15) is 0 Å². The Kier molecular flexibility index (Phi) is 10.1. The molecule has 0 heterocycles. The van der Waals surface area contributed by atoms with Gasteiger partial charge in [0, 0.05) is 20.8 Å². The van der Waals surface area contributed by atoms with Crippen molar-refractivity contribution in [3.8, 4) is 0 Å². The standard InChI is InChI=1S/C12H29NO3Si/c1-6-13-10-12(2,3)7-8-17-16-9-11(14-4)15-5/h11,13H,6-10,17H2,1-5H3. The van der Waals surface area contributed by atoms with Gasteiger partial charge in [-0.3, -0.25) is 0 Å². The second-order valence-electron chi connectivity index (χ2n) is 5.02. The van der Waals surface area contributed by atoms with Gasteiger partial charge in [-0.05, 0) is 24.4 Å². The third kappa shape index (κ3) is 9.73. The molecule has 0 aromatic rings. The Hall–Kier alpha value is 0.0569. The van der Waals surface area contributed by atoms with E-state index in [1.165, 1.54) is 12.5 Å². The second kappa shape index (κ2) is 10.0. The van der Waals surface area contributed by atoms with Crippen LogP contribution in [-0.2, 0) is 13.9 Å². The normalized spacial score (nSPS) is 13.1. The molecule has 0 unspecified atom stereocenters. The number of hydrogen-bond donors (Lipinski definition) is 1. The fourth-order valence-electron chi connectivity index (χ4n) is 1.62. The summed E-state index contributed by atoms with van der Waals surface area (Å²) in [4.78, 5) is 0. The minimum absolute atomic E-state index is 0.211. The highest BCUT2D eigenvalue weighted by Gasteiger charge is 2.16. The fraction of sp³-hybridized carbons (Fsp3) is 1.00. The van der Waals surface area contributed by atoms with E-state index >= 15 is 0 Å². The lowest BCUT2D eigenvalue weighted by Crippen LogP contribution is -2.29. The first-order chi connectivity index (χ1) is 8.05. The van der Waals surface area contributed by atoms with Crippen molar-refractivity contribution in [3.05, 3.63) is 0 Å². The maximum Gasteiger partial charge on any atom is 0.178 e. The zero-order chi connectivity index (χ0) is 13.1. The van der Waals surface area contributed by atoms with Crippen LogP contribution in [0, 0.1) is 5.41 Å². The Bertz CT molecular complexity index is 175. The van der Waals surface area contributed by atoms with E-state index in [1.54, 1.807) is 14.2 Å². The Morgan fingerprint density at radius 3 is 2.41 bits per heavy atom. The summed E-state index contributed by atoms with van der Waals surface area (Å²) in [7, 11) is 2.83. The molecular formula is C12H29NO3Si. The van der Waals surface area contributed by atoms with Gasteiger partial charge >= 0.3 is 0 Å². The fourth-order valence-corrected chi connectivity index (χ4v) is 3.28. The summed E-state index contributed by atoms with van der Waals surface area (Å²) in [5, 5.41) is 3.40. The average molecular weight is 263 g/mol. The van der Waals surface area contributed by atoms with E-state index in [0.29, 0.717) is 12.0 Å². The molecule has 5 heteroatoms. The molecule has 0 aliphatic heterocycles. The highest BCUT2D eigenvalue weighted by atomic mass is 28.2. The highest BCUT2D eigenvalue weighted by molar-refractivity contribution is 6.27. The molecule has 0 aromatic carbocycles. The van der Waals surface area contributed by atoms with Crippen molar-refractivity contribution in [2.45, 2.75) is 39.5 Å². The largest absolute Gasteiger partial charge is 0.419 e. The SMILES string of the molecule is CCNCC(C)(C)CC[SiH2]OCC(OC)OC. The summed E-state index contributed by atoms with van der Waals surface area (Å²) in [6.45, 7) is 9.43. The van der Waals surface area contributed by atoms with Crippen molar-refractivity contribution < 1.29 is 13.9 Å². The van der Waals surface area contributed by atoms with Crippen LogP contribution in [0.25, 0.3) is 0 Å². The molecule has 0 saturated heterocycles. The molecule has 4 nitrogen and oxygen atoms in total. The first-order valence-electron chi connectivity index (χ1n) is 6.39. The lowest BCUT2D eigenvalue weighted by Gasteiger charge is -2.24. The molecule has 0 fully saturated rings. The summed E-state index contributed by atoms with van der Waals surface area (Å²) in [5.74, 6) is 0. The minimum Gasteiger partial charge on any atom is -0.419 e. The average Bonchev–Trinajstić information content (AvgIpc) is 2.31. The van der Waals surface area contributed by atoms with Gasteiger partial charge in [0.05, 0.1) is 6.61 Å². The maximum absolute atomic E-state index is 5.65. The molecule has 1 N–H and O–H groups in total. The third-order valence-corrected chi connectivity index (χ3v) is 3.94. The van der Waals surface area contributed by atoms with Crippen molar-refractivity contribution in [1.82, 2.24) is 5.32 Å². The van der Waals surface area contributed by atoms with E-state index in [9.17, 15) is 0 Å². The molecule has 0 rings (SSSR count). The van der Waals surface area contributed by atoms with Crippen LogP contribution in [0.15, 0.2) is 0 Å². The molecule has 0 amide bonds. The molecule has 0 aliphatic rings. The van der Waals surface area contributed by atoms with Gasteiger partial charge < -0.3 is 19.2 Å². The first-order valence-corrected chi connectivity index (χ1v) is 7.97. The van der Waals surface area contributed by atoms with Crippen LogP contribution in [0.1, 0.15) is 27.2 Å². The van der Waals surface area contributed by atoms with E-state index < -0.39 is 9.76 Å². The molecule has 0 aliphatic carbocycles. The van der Waals surface area contributed by atoms with Crippen LogP contribution < -0.4 is 5.32 Å². The van der Waals surface area contributed by atoms with Crippen LogP contribution in [-0.4, -0.2) is 50.0 Å². The van der Waals surface area contributed by atoms with E-state index in [0.717, 1.165) is 13.1 Å². The van der Waals surface area contributed by atoms with Crippen molar-refractivity contribution in [2.24, 2.45) is 5.41 Å². The molecule has 0 saturated carbocycles. The number of rotatable bonds is 11. The van der Waals surface area contributed by atoms with Crippen LogP contribution in [0.2, 0.25) is 6.04 Å². The summed E-state index contributed by atoms with van der Waals surface area (Å²) in [6.07, 6.45) is 1.01. The number of hydrogen-bond acceptors (Lipinski definition) is 4. The Labute approximate surface area is 108 Å². The summed E-state index contributed by atoms with van der Waals surface area (Å²) < 4.78 is 15.8. The topological polar surface area (TPSA) is 39.7 Å². The van der Waals surface area contributed by atoms with Crippen LogP contribution in [0.5, 0.6) is 0 Å². The van der Waals surface area contributed by atoms with Crippen molar-refractivity contribution in [1.29, 1.82) is 0 Å². The van der Waals surface area contributed by atoms with E-state index in [2.05, 4.69) is 26.1 Å². The van der Waals surface area contributed by atoms with E-state index in [1.807, 2.05) is 0 Å². The monoisotopic (exact) mass is 263 g/mol. The Morgan fingerprint density at radius 2 is 1.88 bits per heavy atom. The van der Waals surface area contributed by atoms with Gasteiger partial charge in [0.2, 0.25) is 0 Å². The molecule has 17 heavy (non-hydrogen) atoms. The molecule has 104 valence electrons. The van der Waals surface area contributed by atoms with Gasteiger partial charge in [-0.1, -0.05) is 20.8 Å². The Balaban J connectivity index is 3.49. The predicted octanol–water partition coefficient (Wildman–Crippen LogP) is 1.15. The van der Waals surface area contributed by atoms with Crippen LogP contribution >= 0.6 is 0 Å². The van der Waals surface area contributed by atoms with Gasteiger partial charge in [-0.25, -0.2) is 0 Å². The first kappa shape index (κ1) is 17.1. The number of ether oxygens (including phenoxy) is 2. The van der Waals surface area contributed by atoms with E-state index in [4.69, 9.17) is 13.9 Å². The molecular weight excluding hydrogens is 234 g/mol. The van der Waals surface area contributed by atoms with Crippen LogP contribution in [0.3, 0.4) is 0 Å². The van der Waals surface area contributed by atoms with E-state index in [-0.39, 0.29) is 6.29 Å². The van der Waals surface area contributed by atoms with Crippen molar-refractivity contribution in [3.63, 3.8) is 0 Å². The van der Waals surface area contributed by atoms with Gasteiger partial charge in [0.15, 0.2) is 16.1 Å². The predicted molar refractivity (Wildman–Crippen MR) is 74.1 cm³/mol. The smallest absolute Gasteiger partial charge is 0.178 e. The lowest BCUT2D eigenvalue weighted by atomic mass is 9.90. The maximum atomic E-state index is 5.65. The third-order valence-electron chi connectivity index (χ3n) is 2.78. The summed E-state index contributed by atoms with van der Waals surface area (Å²) >= 11 is 0.